The first-order valence-corrected chi connectivity index (χ1v) is 8.03. The van der Waals surface area contributed by atoms with E-state index in [1.807, 2.05) is 0 Å². The molecule has 1 aliphatic heterocycles. The molecule has 118 valence electrons. The van der Waals surface area contributed by atoms with E-state index in [4.69, 9.17) is 16.3 Å². The molecule has 1 aromatic carbocycles. The summed E-state index contributed by atoms with van der Waals surface area (Å²) in [5.41, 5.74) is 0.644. The minimum atomic E-state index is -0.203. The lowest BCUT2D eigenvalue weighted by atomic mass is 9.99. The molecule has 0 spiro atoms. The van der Waals surface area contributed by atoms with Gasteiger partial charge in [-0.15, -0.1) is 0 Å². The van der Waals surface area contributed by atoms with Crippen molar-refractivity contribution < 1.29 is 9.13 Å². The Kier molecular flexibility index (Phi) is 6.42. The summed E-state index contributed by atoms with van der Waals surface area (Å²) in [6.45, 7) is 8.65. The van der Waals surface area contributed by atoms with E-state index < -0.39 is 0 Å². The van der Waals surface area contributed by atoms with Crippen molar-refractivity contribution in [3.63, 3.8) is 0 Å². The second kappa shape index (κ2) is 8.08. The first kappa shape index (κ1) is 16.7. The first-order valence-electron chi connectivity index (χ1n) is 7.65. The molecule has 2 unspecified atom stereocenters. The minimum absolute atomic E-state index is 0.0806. The molecule has 1 N–H and O–H groups in total. The summed E-state index contributed by atoms with van der Waals surface area (Å²) in [7, 11) is 0. The van der Waals surface area contributed by atoms with E-state index in [0.717, 1.165) is 32.8 Å². The Morgan fingerprint density at radius 2 is 2.29 bits per heavy atom. The minimum Gasteiger partial charge on any atom is -0.374 e. The molecule has 0 aliphatic carbocycles. The van der Waals surface area contributed by atoms with Crippen LogP contribution >= 0.6 is 11.6 Å². The molecule has 1 aliphatic rings. The fraction of sp³-hybridized carbons (Fsp3) is 0.625. The number of nitrogens with one attached hydrogen (secondary N) is 1. The van der Waals surface area contributed by atoms with Crippen LogP contribution in [0.2, 0.25) is 5.02 Å². The fourth-order valence-corrected chi connectivity index (χ4v) is 2.99. The molecule has 1 saturated heterocycles. The van der Waals surface area contributed by atoms with Gasteiger partial charge in [-0.2, -0.15) is 0 Å². The van der Waals surface area contributed by atoms with E-state index in [0.29, 0.717) is 17.0 Å². The Balaban J connectivity index is 2.09. The molecule has 21 heavy (non-hydrogen) atoms. The van der Waals surface area contributed by atoms with Gasteiger partial charge in [0, 0.05) is 24.2 Å². The number of halogens is 2. The zero-order valence-corrected chi connectivity index (χ0v) is 13.5. The Bertz CT molecular complexity index is 458. The highest BCUT2D eigenvalue weighted by atomic mass is 35.5. The largest absolute Gasteiger partial charge is 0.374 e. The van der Waals surface area contributed by atoms with Crippen molar-refractivity contribution >= 4 is 11.6 Å². The molecule has 0 bridgehead atoms. The van der Waals surface area contributed by atoms with Gasteiger partial charge >= 0.3 is 0 Å². The molecular weight excluding hydrogens is 291 g/mol. The molecule has 5 heteroatoms. The van der Waals surface area contributed by atoms with Gasteiger partial charge in [-0.05, 0) is 43.3 Å². The number of rotatable bonds is 6. The quantitative estimate of drug-likeness (QED) is 0.874. The monoisotopic (exact) mass is 314 g/mol. The number of hydrogen-bond donors (Lipinski definition) is 1. The van der Waals surface area contributed by atoms with Crippen molar-refractivity contribution in [2.75, 3.05) is 32.8 Å². The highest BCUT2D eigenvalue weighted by Crippen LogP contribution is 2.19. The molecule has 0 radical (unpaired) electrons. The molecule has 3 nitrogen and oxygen atoms in total. The van der Waals surface area contributed by atoms with Gasteiger partial charge in [-0.3, -0.25) is 4.90 Å². The first-order chi connectivity index (χ1) is 10.1. The third-order valence-electron chi connectivity index (χ3n) is 3.99. The van der Waals surface area contributed by atoms with E-state index >= 15 is 0 Å². The summed E-state index contributed by atoms with van der Waals surface area (Å²) in [5, 5.41) is 4.00. The average Bonchev–Trinajstić information content (AvgIpc) is 2.50. The zero-order chi connectivity index (χ0) is 15.2. The highest BCUT2D eigenvalue weighted by molar-refractivity contribution is 6.30. The Hall–Kier alpha value is -0.680. The van der Waals surface area contributed by atoms with Crippen LogP contribution in [0, 0.1) is 5.82 Å². The maximum Gasteiger partial charge on any atom is 0.126 e. The average molecular weight is 315 g/mol. The lowest BCUT2D eigenvalue weighted by Gasteiger charge is -2.37. The van der Waals surface area contributed by atoms with Crippen LogP contribution in [0.4, 0.5) is 4.39 Å². The molecule has 0 aromatic heterocycles. The van der Waals surface area contributed by atoms with Crippen LogP contribution in [-0.2, 0) is 11.2 Å². The van der Waals surface area contributed by atoms with E-state index in [1.54, 1.807) is 12.1 Å². The number of nitrogens with zero attached hydrogens (tertiary/aromatic N) is 1. The molecular formula is C16H24ClFN2O. The second-order valence-corrected chi connectivity index (χ2v) is 5.84. The summed E-state index contributed by atoms with van der Waals surface area (Å²) in [6, 6.07) is 4.82. The predicted octanol–water partition coefficient (Wildman–Crippen LogP) is 2.72. The van der Waals surface area contributed by atoms with Crippen LogP contribution in [0.15, 0.2) is 18.2 Å². The third-order valence-corrected chi connectivity index (χ3v) is 4.22. The van der Waals surface area contributed by atoms with Crippen LogP contribution in [0.1, 0.15) is 19.4 Å². The molecule has 2 rings (SSSR count). The van der Waals surface area contributed by atoms with Gasteiger partial charge in [0.15, 0.2) is 0 Å². The summed E-state index contributed by atoms with van der Waals surface area (Å²) in [6.07, 6.45) is 0.666. The van der Waals surface area contributed by atoms with E-state index in [-0.39, 0.29) is 18.0 Å². The van der Waals surface area contributed by atoms with Gasteiger partial charge in [-0.1, -0.05) is 25.4 Å². The third kappa shape index (κ3) is 4.65. The van der Waals surface area contributed by atoms with E-state index in [2.05, 4.69) is 24.1 Å². The van der Waals surface area contributed by atoms with Gasteiger partial charge in [0.2, 0.25) is 0 Å². The van der Waals surface area contributed by atoms with Gasteiger partial charge in [-0.25, -0.2) is 4.39 Å². The fourth-order valence-electron chi connectivity index (χ4n) is 2.80. The van der Waals surface area contributed by atoms with Crippen molar-refractivity contribution in [1.82, 2.24) is 10.2 Å². The van der Waals surface area contributed by atoms with Crippen LogP contribution in [-0.4, -0.2) is 49.8 Å². The normalized spacial score (nSPS) is 21.4. The van der Waals surface area contributed by atoms with Crippen molar-refractivity contribution in [1.29, 1.82) is 0 Å². The van der Waals surface area contributed by atoms with Crippen LogP contribution in [0.5, 0.6) is 0 Å². The molecule has 2 atom stereocenters. The molecule has 0 saturated carbocycles. The molecule has 1 aromatic rings. The number of ether oxygens (including phenoxy) is 1. The summed E-state index contributed by atoms with van der Waals surface area (Å²) in [5.74, 6) is -0.203. The number of hydrogen-bond acceptors (Lipinski definition) is 3. The van der Waals surface area contributed by atoms with Gasteiger partial charge in [0.05, 0.1) is 12.7 Å². The van der Waals surface area contributed by atoms with Crippen molar-refractivity contribution in [2.45, 2.75) is 32.4 Å². The molecule has 0 amide bonds. The number of benzene rings is 1. The van der Waals surface area contributed by atoms with E-state index in [1.165, 1.54) is 6.07 Å². The Morgan fingerprint density at radius 3 is 3.00 bits per heavy atom. The molecule has 1 fully saturated rings. The lowest BCUT2D eigenvalue weighted by Crippen LogP contribution is -2.53. The van der Waals surface area contributed by atoms with Gasteiger partial charge in [0.25, 0.3) is 0 Å². The maximum atomic E-state index is 13.9. The van der Waals surface area contributed by atoms with Crippen molar-refractivity contribution in [2.24, 2.45) is 0 Å². The Morgan fingerprint density at radius 1 is 1.48 bits per heavy atom. The van der Waals surface area contributed by atoms with Gasteiger partial charge in [0.1, 0.15) is 5.82 Å². The second-order valence-electron chi connectivity index (χ2n) is 5.41. The van der Waals surface area contributed by atoms with Crippen LogP contribution in [0.25, 0.3) is 0 Å². The standard InChI is InChI=1S/C16H24ClFN2O/c1-3-19-15(16-11-20(4-2)7-8-21-16)10-12-9-13(17)5-6-14(12)18/h5-6,9,15-16,19H,3-4,7-8,10-11H2,1-2H3. The van der Waals surface area contributed by atoms with Crippen LogP contribution < -0.4 is 5.32 Å². The SMILES string of the molecule is CCNC(Cc1cc(Cl)ccc1F)C1CN(CC)CCO1. The van der Waals surface area contributed by atoms with Crippen molar-refractivity contribution in [3.8, 4) is 0 Å². The summed E-state index contributed by atoms with van der Waals surface area (Å²) >= 11 is 5.98. The van der Waals surface area contributed by atoms with Crippen LogP contribution in [0.3, 0.4) is 0 Å². The topological polar surface area (TPSA) is 24.5 Å². The van der Waals surface area contributed by atoms with Crippen molar-refractivity contribution in [3.05, 3.63) is 34.6 Å². The number of morpholine rings is 1. The predicted molar refractivity (Wildman–Crippen MR) is 84.4 cm³/mol. The zero-order valence-electron chi connectivity index (χ0n) is 12.7. The van der Waals surface area contributed by atoms with E-state index in [9.17, 15) is 4.39 Å². The van der Waals surface area contributed by atoms with Gasteiger partial charge < -0.3 is 10.1 Å². The lowest BCUT2D eigenvalue weighted by molar-refractivity contribution is -0.0446. The highest BCUT2D eigenvalue weighted by Gasteiger charge is 2.27. The molecule has 1 heterocycles. The maximum absolute atomic E-state index is 13.9. The Labute approximate surface area is 131 Å². The summed E-state index contributed by atoms with van der Waals surface area (Å²) in [4.78, 5) is 2.37. The number of likely N-dealkylation sites (N-methyl/N-ethyl adjacent to an activating group) is 2. The summed E-state index contributed by atoms with van der Waals surface area (Å²) < 4.78 is 19.9. The smallest absolute Gasteiger partial charge is 0.126 e.